The van der Waals surface area contributed by atoms with Gasteiger partial charge in [-0.15, -0.1) is 0 Å². The maximum atomic E-state index is 13.0. The second-order valence-electron chi connectivity index (χ2n) is 4.47. The predicted octanol–water partition coefficient (Wildman–Crippen LogP) is 1.72. The van der Waals surface area contributed by atoms with Crippen molar-refractivity contribution in [3.8, 4) is 0 Å². The Morgan fingerprint density at radius 1 is 1.33 bits per heavy atom. The van der Waals surface area contributed by atoms with Gasteiger partial charge in [0.2, 0.25) is 5.91 Å². The Balaban J connectivity index is 1.86. The summed E-state index contributed by atoms with van der Waals surface area (Å²) in [5.41, 5.74) is 0.554. The Bertz CT molecular complexity index is 431. The number of piperidine rings is 1. The van der Waals surface area contributed by atoms with Crippen molar-refractivity contribution in [2.45, 2.75) is 31.8 Å². The first-order valence-electron chi connectivity index (χ1n) is 6.12. The van der Waals surface area contributed by atoms with Gasteiger partial charge < -0.3 is 10.6 Å². The van der Waals surface area contributed by atoms with E-state index in [2.05, 4.69) is 10.6 Å². The number of nitrogens with one attached hydrogen (secondary N) is 2. The molecule has 2 N–H and O–H groups in total. The molecule has 3 nitrogen and oxygen atoms in total. The van der Waals surface area contributed by atoms with E-state index in [0.29, 0.717) is 5.56 Å². The molecule has 0 spiro atoms. The van der Waals surface area contributed by atoms with Gasteiger partial charge in [0.1, 0.15) is 0 Å². The molecule has 1 saturated heterocycles. The van der Waals surface area contributed by atoms with Gasteiger partial charge in [-0.2, -0.15) is 0 Å². The number of halogens is 2. The van der Waals surface area contributed by atoms with Crippen LogP contribution in [0.4, 0.5) is 8.78 Å². The molecule has 1 aromatic rings. The molecule has 1 aliphatic heterocycles. The van der Waals surface area contributed by atoms with E-state index in [1.807, 2.05) is 0 Å². The number of carbonyl (C=O) groups excluding carboxylic acids is 1. The summed E-state index contributed by atoms with van der Waals surface area (Å²) < 4.78 is 25.7. The summed E-state index contributed by atoms with van der Waals surface area (Å²) in [4.78, 5) is 11.8. The van der Waals surface area contributed by atoms with E-state index in [9.17, 15) is 13.6 Å². The van der Waals surface area contributed by atoms with Crippen molar-refractivity contribution in [1.82, 2.24) is 10.6 Å². The van der Waals surface area contributed by atoms with Crippen molar-refractivity contribution in [3.63, 3.8) is 0 Å². The SMILES string of the molecule is O=C(NCc1ccc(F)c(F)c1)[C@@H]1CCCCN1. The Labute approximate surface area is 105 Å². The monoisotopic (exact) mass is 254 g/mol. The van der Waals surface area contributed by atoms with Crippen molar-refractivity contribution < 1.29 is 13.6 Å². The predicted molar refractivity (Wildman–Crippen MR) is 63.8 cm³/mol. The molecule has 0 radical (unpaired) electrons. The third kappa shape index (κ3) is 3.26. The Kier molecular flexibility index (Phi) is 4.25. The van der Waals surface area contributed by atoms with Crippen LogP contribution in [-0.4, -0.2) is 18.5 Å². The molecule has 0 saturated carbocycles. The number of rotatable bonds is 3. The van der Waals surface area contributed by atoms with Crippen LogP contribution in [0.25, 0.3) is 0 Å². The van der Waals surface area contributed by atoms with Gasteiger partial charge in [0.15, 0.2) is 11.6 Å². The molecular weight excluding hydrogens is 238 g/mol. The minimum Gasteiger partial charge on any atom is -0.351 e. The molecule has 1 amide bonds. The second kappa shape index (κ2) is 5.91. The minimum absolute atomic E-state index is 0.0839. The third-order valence-electron chi connectivity index (χ3n) is 3.08. The molecule has 5 heteroatoms. The fourth-order valence-corrected chi connectivity index (χ4v) is 2.04. The number of hydrogen-bond donors (Lipinski definition) is 2. The average molecular weight is 254 g/mol. The molecule has 1 fully saturated rings. The molecule has 1 heterocycles. The first kappa shape index (κ1) is 13.0. The maximum absolute atomic E-state index is 13.0. The van der Waals surface area contributed by atoms with Crippen LogP contribution in [0, 0.1) is 11.6 Å². The summed E-state index contributed by atoms with van der Waals surface area (Å²) in [5, 5.41) is 5.85. The molecule has 98 valence electrons. The molecule has 1 aromatic carbocycles. The lowest BCUT2D eigenvalue weighted by Gasteiger charge is -2.22. The van der Waals surface area contributed by atoms with Gasteiger partial charge in [0, 0.05) is 6.54 Å². The highest BCUT2D eigenvalue weighted by Crippen LogP contribution is 2.10. The molecule has 1 aliphatic rings. The van der Waals surface area contributed by atoms with Crippen LogP contribution in [0.3, 0.4) is 0 Å². The van der Waals surface area contributed by atoms with Crippen LogP contribution in [0.5, 0.6) is 0 Å². The number of carbonyl (C=O) groups is 1. The third-order valence-corrected chi connectivity index (χ3v) is 3.08. The lowest BCUT2D eigenvalue weighted by Crippen LogP contribution is -2.46. The Hall–Kier alpha value is -1.49. The van der Waals surface area contributed by atoms with Crippen LogP contribution in [0.1, 0.15) is 24.8 Å². The van der Waals surface area contributed by atoms with E-state index >= 15 is 0 Å². The topological polar surface area (TPSA) is 41.1 Å². The van der Waals surface area contributed by atoms with Crippen LogP contribution in [0.15, 0.2) is 18.2 Å². The molecular formula is C13H16F2N2O. The summed E-state index contributed by atoms with van der Waals surface area (Å²) >= 11 is 0. The summed E-state index contributed by atoms with van der Waals surface area (Å²) in [6, 6.07) is 3.47. The highest BCUT2D eigenvalue weighted by atomic mass is 19.2. The van der Waals surface area contributed by atoms with Gasteiger partial charge >= 0.3 is 0 Å². The van der Waals surface area contributed by atoms with Gasteiger partial charge in [-0.25, -0.2) is 8.78 Å². The normalized spacial score (nSPS) is 19.6. The molecule has 0 aromatic heterocycles. The van der Waals surface area contributed by atoms with Gasteiger partial charge in [0.25, 0.3) is 0 Å². The van der Waals surface area contributed by atoms with Crippen LogP contribution < -0.4 is 10.6 Å². The smallest absolute Gasteiger partial charge is 0.237 e. The summed E-state index contributed by atoms with van der Waals surface area (Å²) in [6.07, 6.45) is 2.95. The fraction of sp³-hybridized carbons (Fsp3) is 0.462. The van der Waals surface area contributed by atoms with Crippen molar-refractivity contribution in [1.29, 1.82) is 0 Å². The zero-order valence-corrected chi connectivity index (χ0v) is 10.0. The minimum atomic E-state index is -0.891. The van der Waals surface area contributed by atoms with E-state index in [-0.39, 0.29) is 18.5 Å². The number of amides is 1. The summed E-state index contributed by atoms with van der Waals surface area (Å²) in [5.74, 6) is -1.85. The first-order valence-corrected chi connectivity index (χ1v) is 6.12. The van der Waals surface area contributed by atoms with Gasteiger partial charge in [-0.1, -0.05) is 12.5 Å². The second-order valence-corrected chi connectivity index (χ2v) is 4.47. The van der Waals surface area contributed by atoms with Crippen molar-refractivity contribution >= 4 is 5.91 Å². The highest BCUT2D eigenvalue weighted by molar-refractivity contribution is 5.81. The quantitative estimate of drug-likeness (QED) is 0.862. The van der Waals surface area contributed by atoms with Crippen molar-refractivity contribution in [2.75, 3.05) is 6.54 Å². The average Bonchev–Trinajstić information content (AvgIpc) is 2.41. The van der Waals surface area contributed by atoms with E-state index in [1.165, 1.54) is 6.07 Å². The molecule has 1 atom stereocenters. The van der Waals surface area contributed by atoms with E-state index < -0.39 is 11.6 Å². The van der Waals surface area contributed by atoms with E-state index in [4.69, 9.17) is 0 Å². The Morgan fingerprint density at radius 3 is 2.83 bits per heavy atom. The zero-order valence-electron chi connectivity index (χ0n) is 10.0. The standard InChI is InChI=1S/C13H16F2N2O/c14-10-5-4-9(7-11(10)15)8-17-13(18)12-3-1-2-6-16-12/h4-5,7,12,16H,1-3,6,8H2,(H,17,18)/t12-/m0/s1. The van der Waals surface area contributed by atoms with Crippen LogP contribution in [-0.2, 0) is 11.3 Å². The lowest BCUT2D eigenvalue weighted by molar-refractivity contribution is -0.123. The molecule has 0 unspecified atom stereocenters. The number of benzene rings is 1. The van der Waals surface area contributed by atoms with Crippen LogP contribution >= 0.6 is 0 Å². The number of hydrogen-bond acceptors (Lipinski definition) is 2. The molecule has 18 heavy (non-hydrogen) atoms. The summed E-state index contributed by atoms with van der Waals surface area (Å²) in [6.45, 7) is 1.07. The van der Waals surface area contributed by atoms with Crippen molar-refractivity contribution in [2.24, 2.45) is 0 Å². The molecule has 2 rings (SSSR count). The van der Waals surface area contributed by atoms with Gasteiger partial charge in [-0.05, 0) is 37.1 Å². The first-order chi connectivity index (χ1) is 8.66. The van der Waals surface area contributed by atoms with Gasteiger partial charge in [-0.3, -0.25) is 4.79 Å². The largest absolute Gasteiger partial charge is 0.351 e. The molecule has 0 aliphatic carbocycles. The summed E-state index contributed by atoms with van der Waals surface area (Å²) in [7, 11) is 0. The molecule has 0 bridgehead atoms. The lowest BCUT2D eigenvalue weighted by atomic mass is 10.0. The van der Waals surface area contributed by atoms with Gasteiger partial charge in [0.05, 0.1) is 6.04 Å². The zero-order chi connectivity index (χ0) is 13.0. The van der Waals surface area contributed by atoms with Crippen molar-refractivity contribution in [3.05, 3.63) is 35.4 Å². The van der Waals surface area contributed by atoms with E-state index in [0.717, 1.165) is 37.9 Å². The fourth-order valence-electron chi connectivity index (χ4n) is 2.04. The van der Waals surface area contributed by atoms with Crippen LogP contribution in [0.2, 0.25) is 0 Å². The van der Waals surface area contributed by atoms with E-state index in [1.54, 1.807) is 0 Å². The Morgan fingerprint density at radius 2 is 2.17 bits per heavy atom. The maximum Gasteiger partial charge on any atom is 0.237 e. The highest BCUT2D eigenvalue weighted by Gasteiger charge is 2.19.